The highest BCUT2D eigenvalue weighted by atomic mass is 19.1. The van der Waals surface area contributed by atoms with Crippen molar-refractivity contribution in [2.24, 2.45) is 0 Å². The minimum absolute atomic E-state index is 0.298. The Hall–Kier alpha value is -2.17. The van der Waals surface area contributed by atoms with E-state index < -0.39 is 11.6 Å². The molecule has 1 N–H and O–H groups in total. The summed E-state index contributed by atoms with van der Waals surface area (Å²) in [6.45, 7) is 6.35. The van der Waals surface area contributed by atoms with Crippen LogP contribution in [-0.4, -0.2) is 16.1 Å². The molecule has 0 bridgehead atoms. The molecule has 100 valence electrons. The molecule has 19 heavy (non-hydrogen) atoms. The third kappa shape index (κ3) is 3.19. The molecule has 5 heteroatoms. The van der Waals surface area contributed by atoms with Crippen LogP contribution in [0.4, 0.5) is 14.7 Å². The number of aryl methyl sites for hydroxylation is 1. The van der Waals surface area contributed by atoms with E-state index in [4.69, 9.17) is 0 Å². The monoisotopic (exact) mass is 263 g/mol. The Morgan fingerprint density at radius 1 is 1.42 bits per heavy atom. The van der Waals surface area contributed by atoms with Gasteiger partial charge in [-0.15, -0.1) is 6.58 Å². The van der Waals surface area contributed by atoms with Crippen LogP contribution in [0.2, 0.25) is 0 Å². The summed E-state index contributed by atoms with van der Waals surface area (Å²) in [5.41, 5.74) is 1.24. The van der Waals surface area contributed by atoms with Crippen LogP contribution in [0.25, 0.3) is 0 Å². The molecule has 0 unspecified atom stereocenters. The Morgan fingerprint density at radius 2 is 2.21 bits per heavy atom. The number of hydrogen-bond donors (Lipinski definition) is 1. The zero-order chi connectivity index (χ0) is 13.8. The first-order valence-corrected chi connectivity index (χ1v) is 5.92. The minimum atomic E-state index is -0.576. The van der Waals surface area contributed by atoms with Crippen LogP contribution in [0, 0.1) is 18.6 Å². The van der Waals surface area contributed by atoms with Gasteiger partial charge in [0.2, 0.25) is 5.95 Å². The highest BCUT2D eigenvalue weighted by molar-refractivity contribution is 5.31. The summed E-state index contributed by atoms with van der Waals surface area (Å²) < 4.78 is 28.3. The van der Waals surface area contributed by atoms with Crippen molar-refractivity contribution in [1.82, 2.24) is 9.55 Å². The average Bonchev–Trinajstić information content (AvgIpc) is 2.70. The van der Waals surface area contributed by atoms with E-state index in [1.807, 2.05) is 13.1 Å². The largest absolute Gasteiger partial charge is 0.352 e. The second-order valence-corrected chi connectivity index (χ2v) is 4.24. The van der Waals surface area contributed by atoms with Gasteiger partial charge in [0.25, 0.3) is 0 Å². The highest BCUT2D eigenvalue weighted by Gasteiger charge is 2.09. The number of rotatable bonds is 5. The maximum absolute atomic E-state index is 13.6. The minimum Gasteiger partial charge on any atom is -0.352 e. The van der Waals surface area contributed by atoms with Gasteiger partial charge in [-0.2, -0.15) is 0 Å². The van der Waals surface area contributed by atoms with Crippen molar-refractivity contribution < 1.29 is 8.78 Å². The number of imidazole rings is 1. The average molecular weight is 263 g/mol. The third-order valence-corrected chi connectivity index (χ3v) is 2.66. The van der Waals surface area contributed by atoms with Gasteiger partial charge in [0.1, 0.15) is 11.6 Å². The fourth-order valence-electron chi connectivity index (χ4n) is 1.81. The van der Waals surface area contributed by atoms with Crippen LogP contribution in [0.1, 0.15) is 11.3 Å². The van der Waals surface area contributed by atoms with Crippen LogP contribution < -0.4 is 5.32 Å². The van der Waals surface area contributed by atoms with Gasteiger partial charge >= 0.3 is 0 Å². The first kappa shape index (κ1) is 13.3. The predicted molar refractivity (Wildman–Crippen MR) is 71.1 cm³/mol. The molecular weight excluding hydrogens is 248 g/mol. The SMILES string of the molecule is C=CCNc1nc(C)cn1Cc1ccc(F)cc1F. The summed E-state index contributed by atoms with van der Waals surface area (Å²) in [6, 6.07) is 3.58. The first-order valence-electron chi connectivity index (χ1n) is 5.92. The number of halogens is 2. The third-order valence-electron chi connectivity index (χ3n) is 2.66. The van der Waals surface area contributed by atoms with Gasteiger partial charge in [0, 0.05) is 24.4 Å². The molecule has 0 radical (unpaired) electrons. The lowest BCUT2D eigenvalue weighted by Gasteiger charge is -2.09. The second kappa shape index (κ2) is 5.65. The molecule has 0 spiro atoms. The van der Waals surface area contributed by atoms with Crippen LogP contribution in [0.15, 0.2) is 37.1 Å². The van der Waals surface area contributed by atoms with E-state index >= 15 is 0 Å². The van der Waals surface area contributed by atoms with Gasteiger partial charge in [-0.1, -0.05) is 12.1 Å². The highest BCUT2D eigenvalue weighted by Crippen LogP contribution is 2.15. The van der Waals surface area contributed by atoms with Gasteiger partial charge in [-0.3, -0.25) is 0 Å². The van der Waals surface area contributed by atoms with E-state index in [2.05, 4.69) is 16.9 Å². The van der Waals surface area contributed by atoms with Gasteiger partial charge in [0.05, 0.1) is 12.2 Å². The number of anilines is 1. The van der Waals surface area contributed by atoms with Crippen LogP contribution in [0.3, 0.4) is 0 Å². The summed E-state index contributed by atoms with van der Waals surface area (Å²) in [5.74, 6) is -0.491. The molecule has 0 aliphatic rings. The maximum atomic E-state index is 13.6. The Morgan fingerprint density at radius 3 is 2.89 bits per heavy atom. The molecule has 1 aromatic heterocycles. The van der Waals surface area contributed by atoms with E-state index in [1.54, 1.807) is 10.6 Å². The van der Waals surface area contributed by atoms with Crippen LogP contribution >= 0.6 is 0 Å². The summed E-state index contributed by atoms with van der Waals surface area (Å²) in [4.78, 5) is 4.30. The maximum Gasteiger partial charge on any atom is 0.203 e. The normalized spacial score (nSPS) is 10.5. The smallest absolute Gasteiger partial charge is 0.203 e. The lowest BCUT2D eigenvalue weighted by atomic mass is 10.2. The van der Waals surface area contributed by atoms with Gasteiger partial charge in [-0.25, -0.2) is 13.8 Å². The van der Waals surface area contributed by atoms with Crippen molar-refractivity contribution in [3.8, 4) is 0 Å². The lowest BCUT2D eigenvalue weighted by molar-refractivity contribution is 0.566. The van der Waals surface area contributed by atoms with E-state index in [0.717, 1.165) is 11.8 Å². The molecule has 0 aliphatic carbocycles. The fourth-order valence-corrected chi connectivity index (χ4v) is 1.81. The molecule has 2 aromatic rings. The van der Waals surface area contributed by atoms with E-state index in [-0.39, 0.29) is 0 Å². The van der Waals surface area contributed by atoms with E-state index in [0.29, 0.717) is 24.6 Å². The molecular formula is C14H15F2N3. The molecule has 0 aliphatic heterocycles. The standard InChI is InChI=1S/C14H15F2N3/c1-3-6-17-14-18-10(2)8-19(14)9-11-4-5-12(15)7-13(11)16/h3-5,7-8H,1,6,9H2,2H3,(H,17,18). The van der Waals surface area contributed by atoms with Crippen molar-refractivity contribution >= 4 is 5.95 Å². The zero-order valence-electron chi connectivity index (χ0n) is 10.7. The molecule has 1 aromatic carbocycles. The summed E-state index contributed by atoms with van der Waals surface area (Å²) in [6.07, 6.45) is 3.53. The summed E-state index contributed by atoms with van der Waals surface area (Å²) in [7, 11) is 0. The molecule has 0 saturated heterocycles. The van der Waals surface area contributed by atoms with Crippen LogP contribution in [-0.2, 0) is 6.54 Å². The molecule has 1 heterocycles. The predicted octanol–water partition coefficient (Wildman–Crippen LogP) is 3.12. The van der Waals surface area contributed by atoms with Gasteiger partial charge < -0.3 is 9.88 Å². The summed E-state index contributed by atoms with van der Waals surface area (Å²) >= 11 is 0. The first-order chi connectivity index (χ1) is 9.10. The molecule has 3 nitrogen and oxygen atoms in total. The fraction of sp³-hybridized carbons (Fsp3) is 0.214. The topological polar surface area (TPSA) is 29.9 Å². The molecule has 0 amide bonds. The van der Waals surface area contributed by atoms with Crippen LogP contribution in [0.5, 0.6) is 0 Å². The van der Waals surface area contributed by atoms with Gasteiger partial charge in [-0.05, 0) is 13.0 Å². The van der Waals surface area contributed by atoms with Crippen molar-refractivity contribution in [3.63, 3.8) is 0 Å². The van der Waals surface area contributed by atoms with Crippen molar-refractivity contribution in [1.29, 1.82) is 0 Å². The molecule has 2 rings (SSSR count). The Balaban J connectivity index is 2.24. The second-order valence-electron chi connectivity index (χ2n) is 4.24. The molecule has 0 saturated carbocycles. The number of nitrogens with zero attached hydrogens (tertiary/aromatic N) is 2. The number of hydrogen-bond acceptors (Lipinski definition) is 2. The lowest BCUT2D eigenvalue weighted by Crippen LogP contribution is -2.08. The van der Waals surface area contributed by atoms with E-state index in [1.165, 1.54) is 12.1 Å². The van der Waals surface area contributed by atoms with E-state index in [9.17, 15) is 8.78 Å². The van der Waals surface area contributed by atoms with Crippen molar-refractivity contribution in [3.05, 3.63) is 59.9 Å². The van der Waals surface area contributed by atoms with Crippen molar-refractivity contribution in [2.75, 3.05) is 11.9 Å². The quantitative estimate of drug-likeness (QED) is 0.840. The van der Waals surface area contributed by atoms with Gasteiger partial charge in [0.15, 0.2) is 0 Å². The number of aromatic nitrogens is 2. The summed E-state index contributed by atoms with van der Waals surface area (Å²) in [5, 5.41) is 3.07. The Kier molecular flexibility index (Phi) is 3.94. The Labute approximate surface area is 110 Å². The Bertz CT molecular complexity index is 590. The number of benzene rings is 1. The number of nitrogens with one attached hydrogen (secondary N) is 1. The molecule has 0 fully saturated rings. The van der Waals surface area contributed by atoms with Crippen molar-refractivity contribution in [2.45, 2.75) is 13.5 Å². The zero-order valence-corrected chi connectivity index (χ0v) is 10.7. The molecule has 0 atom stereocenters.